The fraction of sp³-hybridized carbons (Fsp3) is 0.200. The van der Waals surface area contributed by atoms with E-state index in [9.17, 15) is 5.11 Å². The molecule has 0 aliphatic heterocycles. The molecule has 3 aromatic rings. The first-order chi connectivity index (χ1) is 9.24. The first-order valence-corrected chi connectivity index (χ1v) is 6.24. The van der Waals surface area contributed by atoms with Crippen molar-refractivity contribution in [2.45, 2.75) is 12.5 Å². The maximum Gasteiger partial charge on any atom is 0.102 e. The first kappa shape index (κ1) is 11.9. The molecule has 1 atom stereocenters. The summed E-state index contributed by atoms with van der Waals surface area (Å²) in [4.78, 5) is 4.32. The molecule has 0 aliphatic rings. The molecule has 0 fully saturated rings. The van der Waals surface area contributed by atoms with Crippen molar-refractivity contribution < 1.29 is 5.11 Å². The predicted octanol–water partition coefficient (Wildman–Crippen LogP) is 2.24. The maximum absolute atomic E-state index is 10.3. The van der Waals surface area contributed by atoms with E-state index in [-0.39, 0.29) is 0 Å². The normalized spacial score (nSPS) is 12.7. The van der Waals surface area contributed by atoms with Gasteiger partial charge in [-0.3, -0.25) is 9.67 Å². The van der Waals surface area contributed by atoms with E-state index in [1.54, 1.807) is 10.9 Å². The van der Waals surface area contributed by atoms with Crippen molar-refractivity contribution in [3.05, 3.63) is 60.0 Å². The highest BCUT2D eigenvalue weighted by atomic mass is 16.3. The Balaban J connectivity index is 1.93. The SMILES string of the molecule is Cn1ccc(C(O)Cc2ccnc3ccccc23)n1. The molecule has 19 heavy (non-hydrogen) atoms. The van der Waals surface area contributed by atoms with Gasteiger partial charge in [0.2, 0.25) is 0 Å². The van der Waals surface area contributed by atoms with Crippen LogP contribution in [0.2, 0.25) is 0 Å². The number of hydrogen-bond donors (Lipinski definition) is 1. The highest BCUT2D eigenvalue weighted by Crippen LogP contribution is 2.22. The number of nitrogens with zero attached hydrogens (tertiary/aromatic N) is 3. The number of pyridine rings is 1. The van der Waals surface area contributed by atoms with Gasteiger partial charge in [0.15, 0.2) is 0 Å². The second-order valence-corrected chi connectivity index (χ2v) is 4.62. The Hall–Kier alpha value is -2.20. The molecule has 4 nitrogen and oxygen atoms in total. The molecule has 0 saturated carbocycles. The lowest BCUT2D eigenvalue weighted by Crippen LogP contribution is -2.04. The summed E-state index contributed by atoms with van der Waals surface area (Å²) in [7, 11) is 1.85. The van der Waals surface area contributed by atoms with Gasteiger partial charge in [-0.2, -0.15) is 5.10 Å². The van der Waals surface area contributed by atoms with E-state index in [1.807, 2.05) is 49.6 Å². The van der Waals surface area contributed by atoms with Crippen molar-refractivity contribution in [1.82, 2.24) is 14.8 Å². The van der Waals surface area contributed by atoms with E-state index >= 15 is 0 Å². The molecule has 0 bridgehead atoms. The van der Waals surface area contributed by atoms with Crippen molar-refractivity contribution in [2.24, 2.45) is 7.05 Å². The molecule has 0 radical (unpaired) electrons. The van der Waals surface area contributed by atoms with Gasteiger partial charge in [0.05, 0.1) is 11.2 Å². The Kier molecular flexibility index (Phi) is 3.01. The summed E-state index contributed by atoms with van der Waals surface area (Å²) in [6.07, 6.45) is 3.57. The molecule has 1 N–H and O–H groups in total. The Labute approximate surface area is 111 Å². The zero-order chi connectivity index (χ0) is 13.2. The van der Waals surface area contributed by atoms with Gasteiger partial charge in [-0.05, 0) is 23.8 Å². The molecule has 96 valence electrons. The van der Waals surface area contributed by atoms with E-state index < -0.39 is 6.10 Å². The molecule has 0 aliphatic carbocycles. The number of rotatable bonds is 3. The summed E-state index contributed by atoms with van der Waals surface area (Å²) in [6.45, 7) is 0. The lowest BCUT2D eigenvalue weighted by molar-refractivity contribution is 0.173. The lowest BCUT2D eigenvalue weighted by Gasteiger charge is -2.10. The standard InChI is InChI=1S/C15H15N3O/c1-18-9-7-14(17-18)15(19)10-11-6-8-16-13-5-3-2-4-12(11)13/h2-9,15,19H,10H2,1H3. The summed E-state index contributed by atoms with van der Waals surface area (Å²) in [5.74, 6) is 0. The molecule has 2 aromatic heterocycles. The molecular weight excluding hydrogens is 238 g/mol. The van der Waals surface area contributed by atoms with Gasteiger partial charge in [0, 0.05) is 31.2 Å². The number of aliphatic hydroxyl groups excluding tert-OH is 1. The van der Waals surface area contributed by atoms with E-state index in [1.165, 1.54) is 0 Å². The summed E-state index contributed by atoms with van der Waals surface area (Å²) < 4.78 is 1.70. The third kappa shape index (κ3) is 2.35. The Morgan fingerprint density at radius 2 is 2.05 bits per heavy atom. The first-order valence-electron chi connectivity index (χ1n) is 6.24. The van der Waals surface area contributed by atoms with Crippen LogP contribution in [-0.2, 0) is 13.5 Å². The minimum atomic E-state index is -0.591. The molecular formula is C15H15N3O. The van der Waals surface area contributed by atoms with Crippen LogP contribution >= 0.6 is 0 Å². The van der Waals surface area contributed by atoms with Crippen LogP contribution in [0.5, 0.6) is 0 Å². The maximum atomic E-state index is 10.3. The highest BCUT2D eigenvalue weighted by Gasteiger charge is 2.13. The number of aromatic nitrogens is 3. The molecule has 3 rings (SSSR count). The van der Waals surface area contributed by atoms with E-state index in [0.29, 0.717) is 12.1 Å². The van der Waals surface area contributed by atoms with Crippen molar-refractivity contribution in [1.29, 1.82) is 0 Å². The third-order valence-electron chi connectivity index (χ3n) is 3.23. The molecule has 0 spiro atoms. The topological polar surface area (TPSA) is 50.9 Å². The molecule has 2 heterocycles. The van der Waals surface area contributed by atoms with Crippen molar-refractivity contribution in [2.75, 3.05) is 0 Å². The van der Waals surface area contributed by atoms with Crippen molar-refractivity contribution >= 4 is 10.9 Å². The van der Waals surface area contributed by atoms with E-state index in [4.69, 9.17) is 0 Å². The van der Waals surface area contributed by atoms with Gasteiger partial charge in [0.25, 0.3) is 0 Å². The Morgan fingerprint density at radius 3 is 2.84 bits per heavy atom. The third-order valence-corrected chi connectivity index (χ3v) is 3.23. The van der Waals surface area contributed by atoms with Gasteiger partial charge in [-0.15, -0.1) is 0 Å². The average Bonchev–Trinajstić information content (AvgIpc) is 2.86. The fourth-order valence-electron chi connectivity index (χ4n) is 2.26. The number of benzene rings is 1. The lowest BCUT2D eigenvalue weighted by atomic mass is 10.0. The smallest absolute Gasteiger partial charge is 0.102 e. The second kappa shape index (κ2) is 4.82. The van der Waals surface area contributed by atoms with Gasteiger partial charge in [-0.1, -0.05) is 18.2 Å². The zero-order valence-electron chi connectivity index (χ0n) is 10.7. The quantitative estimate of drug-likeness (QED) is 0.779. The summed E-state index contributed by atoms with van der Waals surface area (Å²) in [5, 5.41) is 15.6. The van der Waals surface area contributed by atoms with Crippen LogP contribution in [-0.4, -0.2) is 19.9 Å². The van der Waals surface area contributed by atoms with E-state index in [2.05, 4.69) is 10.1 Å². The Bertz CT molecular complexity index is 700. The molecule has 1 aromatic carbocycles. The molecule has 4 heteroatoms. The molecule has 0 saturated heterocycles. The monoisotopic (exact) mass is 253 g/mol. The minimum Gasteiger partial charge on any atom is -0.386 e. The van der Waals surface area contributed by atoms with Crippen LogP contribution < -0.4 is 0 Å². The molecule has 1 unspecified atom stereocenters. The number of para-hydroxylation sites is 1. The Morgan fingerprint density at radius 1 is 1.21 bits per heavy atom. The largest absolute Gasteiger partial charge is 0.386 e. The van der Waals surface area contributed by atoms with Crippen molar-refractivity contribution in [3.8, 4) is 0 Å². The number of aryl methyl sites for hydroxylation is 1. The molecule has 0 amide bonds. The predicted molar refractivity (Wildman–Crippen MR) is 73.6 cm³/mol. The van der Waals surface area contributed by atoms with Gasteiger partial charge >= 0.3 is 0 Å². The van der Waals surface area contributed by atoms with Crippen LogP contribution in [0.4, 0.5) is 0 Å². The van der Waals surface area contributed by atoms with Crippen LogP contribution in [0.3, 0.4) is 0 Å². The van der Waals surface area contributed by atoms with Gasteiger partial charge in [0.1, 0.15) is 6.10 Å². The van der Waals surface area contributed by atoms with Crippen LogP contribution in [0.15, 0.2) is 48.8 Å². The summed E-state index contributed by atoms with van der Waals surface area (Å²) in [6, 6.07) is 11.8. The van der Waals surface area contributed by atoms with Crippen LogP contribution in [0.25, 0.3) is 10.9 Å². The summed E-state index contributed by atoms with van der Waals surface area (Å²) in [5.41, 5.74) is 2.74. The van der Waals surface area contributed by atoms with Crippen LogP contribution in [0, 0.1) is 0 Å². The average molecular weight is 253 g/mol. The van der Waals surface area contributed by atoms with Gasteiger partial charge < -0.3 is 5.11 Å². The highest BCUT2D eigenvalue weighted by molar-refractivity contribution is 5.81. The number of hydrogen-bond acceptors (Lipinski definition) is 3. The summed E-state index contributed by atoms with van der Waals surface area (Å²) >= 11 is 0. The van der Waals surface area contributed by atoms with Gasteiger partial charge in [-0.25, -0.2) is 0 Å². The minimum absolute atomic E-state index is 0.542. The van der Waals surface area contributed by atoms with E-state index in [0.717, 1.165) is 16.5 Å². The number of aliphatic hydroxyl groups is 1. The fourth-order valence-corrected chi connectivity index (χ4v) is 2.26. The zero-order valence-corrected chi connectivity index (χ0v) is 10.7. The van der Waals surface area contributed by atoms with Crippen LogP contribution in [0.1, 0.15) is 17.4 Å². The number of fused-ring (bicyclic) bond motifs is 1. The van der Waals surface area contributed by atoms with Crippen molar-refractivity contribution in [3.63, 3.8) is 0 Å². The second-order valence-electron chi connectivity index (χ2n) is 4.62.